The quantitative estimate of drug-likeness (QED) is 0.428. The van der Waals surface area contributed by atoms with E-state index in [9.17, 15) is 14.6 Å². The van der Waals surface area contributed by atoms with E-state index in [-0.39, 0.29) is 17.6 Å². The summed E-state index contributed by atoms with van der Waals surface area (Å²) in [5.41, 5.74) is 2.16. The summed E-state index contributed by atoms with van der Waals surface area (Å²) in [5.74, 6) is -0.568. The molecule has 0 fully saturated rings. The summed E-state index contributed by atoms with van der Waals surface area (Å²) < 4.78 is 14.8. The van der Waals surface area contributed by atoms with Crippen LogP contribution in [0.1, 0.15) is 11.1 Å². The van der Waals surface area contributed by atoms with Gasteiger partial charge < -0.3 is 10.2 Å². The first-order chi connectivity index (χ1) is 14.0. The Morgan fingerprint density at radius 2 is 2.14 bits per heavy atom. The van der Waals surface area contributed by atoms with Crippen molar-refractivity contribution in [3.8, 4) is 11.8 Å². The van der Waals surface area contributed by atoms with Gasteiger partial charge in [-0.1, -0.05) is 23.9 Å². The summed E-state index contributed by atoms with van der Waals surface area (Å²) in [4.78, 5) is 15.8. The van der Waals surface area contributed by atoms with Gasteiger partial charge in [0.1, 0.15) is 5.82 Å². The van der Waals surface area contributed by atoms with Crippen LogP contribution in [0.15, 0.2) is 46.7 Å². The molecule has 0 radical (unpaired) electrons. The van der Waals surface area contributed by atoms with E-state index in [0.717, 1.165) is 5.56 Å². The molecule has 1 aromatic carbocycles. The van der Waals surface area contributed by atoms with Crippen molar-refractivity contribution in [1.82, 2.24) is 24.6 Å². The highest BCUT2D eigenvalue weighted by Gasteiger charge is 2.08. The van der Waals surface area contributed by atoms with Gasteiger partial charge in [0.2, 0.25) is 5.62 Å². The summed E-state index contributed by atoms with van der Waals surface area (Å²) in [6.45, 7) is 0.411. The van der Waals surface area contributed by atoms with Crippen LogP contribution >= 0.6 is 11.8 Å². The van der Waals surface area contributed by atoms with Gasteiger partial charge in [0.25, 0.3) is 0 Å². The third kappa shape index (κ3) is 4.06. The fourth-order valence-electron chi connectivity index (χ4n) is 2.86. The second-order valence-electron chi connectivity index (χ2n) is 6.21. The highest BCUT2D eigenvalue weighted by molar-refractivity contribution is 7.98. The SMILES string of the molecule is CSc1nc(=NCCc2cccc(F)c2)n2ncc(=Cc3cc(O)[nH]c3O)c2n1. The number of nitrogens with zero attached hydrogens (tertiary/aromatic N) is 5. The molecule has 8 nitrogen and oxygen atoms in total. The Morgan fingerprint density at radius 1 is 1.28 bits per heavy atom. The van der Waals surface area contributed by atoms with E-state index in [2.05, 4.69) is 25.0 Å². The Bertz CT molecular complexity index is 1300. The maximum absolute atomic E-state index is 13.3. The Labute approximate surface area is 168 Å². The number of benzene rings is 1. The molecule has 0 saturated heterocycles. The summed E-state index contributed by atoms with van der Waals surface area (Å²) in [6, 6.07) is 7.81. The average molecular weight is 412 g/mol. The first kappa shape index (κ1) is 18.9. The van der Waals surface area contributed by atoms with Crippen molar-refractivity contribution >= 4 is 23.5 Å². The first-order valence-corrected chi connectivity index (χ1v) is 9.93. The Balaban J connectivity index is 1.75. The van der Waals surface area contributed by atoms with Gasteiger partial charge in [-0.05, 0) is 36.4 Å². The second kappa shape index (κ2) is 7.92. The minimum atomic E-state index is -0.275. The van der Waals surface area contributed by atoms with Gasteiger partial charge in [-0.25, -0.2) is 14.4 Å². The molecule has 3 N–H and O–H groups in total. The van der Waals surface area contributed by atoms with E-state index in [0.29, 0.717) is 40.2 Å². The van der Waals surface area contributed by atoms with E-state index in [1.165, 1.54) is 34.5 Å². The summed E-state index contributed by atoms with van der Waals surface area (Å²) in [6.07, 6.45) is 5.66. The number of rotatable bonds is 5. The number of nitrogens with one attached hydrogen (secondary N) is 1. The molecule has 0 unspecified atom stereocenters. The molecule has 0 aliphatic heterocycles. The normalized spacial score (nSPS) is 12.9. The lowest BCUT2D eigenvalue weighted by molar-refractivity contribution is 0.425. The number of aromatic nitrogens is 5. The number of aromatic amines is 1. The van der Waals surface area contributed by atoms with Gasteiger partial charge in [-0.3, -0.25) is 4.98 Å². The number of hydrogen-bond acceptors (Lipinski definition) is 7. The summed E-state index contributed by atoms with van der Waals surface area (Å²) in [7, 11) is 0. The molecule has 0 saturated carbocycles. The van der Waals surface area contributed by atoms with Crippen LogP contribution in [0, 0.1) is 5.82 Å². The van der Waals surface area contributed by atoms with Crippen LogP contribution in [0.25, 0.3) is 11.7 Å². The molecule has 10 heteroatoms. The van der Waals surface area contributed by atoms with Crippen molar-refractivity contribution in [2.45, 2.75) is 11.6 Å². The zero-order chi connectivity index (χ0) is 20.4. The number of halogens is 1. The van der Waals surface area contributed by atoms with Gasteiger partial charge in [0.05, 0.1) is 6.20 Å². The molecule has 0 atom stereocenters. The lowest BCUT2D eigenvalue weighted by Gasteiger charge is -2.00. The molecule has 148 valence electrons. The van der Waals surface area contributed by atoms with Gasteiger partial charge >= 0.3 is 0 Å². The maximum atomic E-state index is 13.3. The Morgan fingerprint density at radius 3 is 2.86 bits per heavy atom. The lowest BCUT2D eigenvalue weighted by Crippen LogP contribution is -2.23. The fraction of sp³-hybridized carbons (Fsp3) is 0.158. The monoisotopic (exact) mass is 412 g/mol. The van der Waals surface area contributed by atoms with E-state index >= 15 is 0 Å². The zero-order valence-electron chi connectivity index (χ0n) is 15.4. The molecule has 4 aromatic rings. The Hall–Kier alpha value is -3.40. The molecule has 0 bridgehead atoms. The third-order valence-electron chi connectivity index (χ3n) is 4.21. The average Bonchev–Trinajstić information content (AvgIpc) is 3.24. The minimum Gasteiger partial charge on any atom is -0.494 e. The van der Waals surface area contributed by atoms with Gasteiger partial charge in [0.15, 0.2) is 22.6 Å². The Kier molecular flexibility index (Phi) is 5.17. The number of thioether (sulfide) groups is 1. The number of fused-ring (bicyclic) bond motifs is 1. The molecule has 3 aromatic heterocycles. The van der Waals surface area contributed by atoms with E-state index in [4.69, 9.17) is 0 Å². The summed E-state index contributed by atoms with van der Waals surface area (Å²) >= 11 is 1.37. The molecule has 29 heavy (non-hydrogen) atoms. The lowest BCUT2D eigenvalue weighted by atomic mass is 10.1. The van der Waals surface area contributed by atoms with Gasteiger partial charge in [-0.2, -0.15) is 14.6 Å². The van der Waals surface area contributed by atoms with Crippen LogP contribution in [-0.4, -0.2) is 47.6 Å². The van der Waals surface area contributed by atoms with Crippen molar-refractivity contribution in [1.29, 1.82) is 0 Å². The van der Waals surface area contributed by atoms with Crippen molar-refractivity contribution < 1.29 is 14.6 Å². The van der Waals surface area contributed by atoms with Crippen molar-refractivity contribution in [2.75, 3.05) is 12.8 Å². The highest BCUT2D eigenvalue weighted by Crippen LogP contribution is 2.21. The topological polar surface area (TPSA) is 112 Å². The molecule has 0 aliphatic carbocycles. The third-order valence-corrected chi connectivity index (χ3v) is 4.75. The van der Waals surface area contributed by atoms with E-state index in [1.54, 1.807) is 18.3 Å². The van der Waals surface area contributed by atoms with Crippen LogP contribution in [0.2, 0.25) is 0 Å². The highest BCUT2D eigenvalue weighted by atomic mass is 32.2. The van der Waals surface area contributed by atoms with Crippen molar-refractivity contribution in [3.63, 3.8) is 0 Å². The molecule has 3 heterocycles. The molecule has 4 rings (SSSR count). The smallest absolute Gasteiger partial charge is 0.250 e. The molecule has 0 amide bonds. The predicted molar refractivity (Wildman–Crippen MR) is 106 cm³/mol. The van der Waals surface area contributed by atoms with Crippen LogP contribution < -0.4 is 10.8 Å². The molecular weight excluding hydrogens is 395 g/mol. The number of hydrogen-bond donors (Lipinski definition) is 3. The molecule has 0 spiro atoms. The fourth-order valence-corrected chi connectivity index (χ4v) is 3.21. The van der Waals surface area contributed by atoms with Gasteiger partial charge in [0, 0.05) is 23.4 Å². The van der Waals surface area contributed by atoms with Crippen LogP contribution in [0.3, 0.4) is 0 Å². The van der Waals surface area contributed by atoms with Crippen molar-refractivity contribution in [3.05, 3.63) is 64.3 Å². The van der Waals surface area contributed by atoms with E-state index in [1.807, 2.05) is 12.3 Å². The minimum absolute atomic E-state index is 0.141. The molecule has 0 aliphatic rings. The largest absolute Gasteiger partial charge is 0.494 e. The second-order valence-corrected chi connectivity index (χ2v) is 6.98. The van der Waals surface area contributed by atoms with Crippen LogP contribution in [0.5, 0.6) is 11.8 Å². The van der Waals surface area contributed by atoms with Gasteiger partial charge in [-0.15, -0.1) is 0 Å². The number of H-pyrrole nitrogens is 1. The molecular formula is C19H17FN6O2S. The van der Waals surface area contributed by atoms with Crippen molar-refractivity contribution in [2.24, 2.45) is 4.99 Å². The van der Waals surface area contributed by atoms with E-state index < -0.39 is 0 Å². The number of aromatic hydroxyl groups is 2. The summed E-state index contributed by atoms with van der Waals surface area (Å²) in [5, 5.41) is 24.8. The zero-order valence-corrected chi connectivity index (χ0v) is 16.2. The standard InChI is InChI=1S/C19H17FN6O2S/c1-29-19-24-16-13(8-12-9-15(27)23-17(12)28)10-22-26(16)18(25-19)21-6-5-11-3-2-4-14(20)7-11/h2-4,7-10,23,27-28H,5-6H2,1H3. The predicted octanol–water partition coefficient (Wildman–Crippen LogP) is 1.42. The van der Waals surface area contributed by atoms with Crippen LogP contribution in [0.4, 0.5) is 4.39 Å². The van der Waals surface area contributed by atoms with Crippen LogP contribution in [-0.2, 0) is 6.42 Å². The first-order valence-electron chi connectivity index (χ1n) is 8.71. The maximum Gasteiger partial charge on any atom is 0.250 e.